The molecule has 1 aromatic carbocycles. The van der Waals surface area contributed by atoms with Crippen LogP contribution in [0.4, 0.5) is 11.6 Å². The van der Waals surface area contributed by atoms with E-state index < -0.39 is 10.0 Å². The Bertz CT molecular complexity index is 657. The van der Waals surface area contributed by atoms with E-state index in [2.05, 4.69) is 19.9 Å². The van der Waals surface area contributed by atoms with E-state index >= 15 is 0 Å². The summed E-state index contributed by atoms with van der Waals surface area (Å²) in [4.78, 5) is 3.88. The van der Waals surface area contributed by atoms with E-state index in [-0.39, 0.29) is 10.8 Å². The second-order valence-corrected chi connectivity index (χ2v) is 5.25. The SMILES string of the molecule is Cc1cc(N)ccc1S(=O)(=O)Nc1nccnn1. The Kier molecular flexibility index (Phi) is 3.11. The van der Waals surface area contributed by atoms with Crippen LogP contribution in [0, 0.1) is 6.92 Å². The molecule has 0 amide bonds. The number of nitrogen functional groups attached to an aromatic ring is 1. The van der Waals surface area contributed by atoms with Gasteiger partial charge in [0, 0.05) is 5.69 Å². The molecule has 0 radical (unpaired) electrons. The summed E-state index contributed by atoms with van der Waals surface area (Å²) in [7, 11) is -3.73. The Morgan fingerprint density at radius 1 is 1.28 bits per heavy atom. The number of nitrogens with one attached hydrogen (secondary N) is 1. The van der Waals surface area contributed by atoms with Gasteiger partial charge in [0.2, 0.25) is 0 Å². The van der Waals surface area contributed by atoms with E-state index in [9.17, 15) is 8.42 Å². The van der Waals surface area contributed by atoms with E-state index in [1.54, 1.807) is 13.0 Å². The summed E-state index contributed by atoms with van der Waals surface area (Å²) >= 11 is 0. The van der Waals surface area contributed by atoms with Crippen LogP contribution in [0.5, 0.6) is 0 Å². The third kappa shape index (κ3) is 2.54. The first kappa shape index (κ1) is 12.2. The van der Waals surface area contributed by atoms with Crippen LogP contribution in [0.2, 0.25) is 0 Å². The van der Waals surface area contributed by atoms with Crippen LogP contribution in [0.1, 0.15) is 5.56 Å². The lowest BCUT2D eigenvalue weighted by atomic mass is 10.2. The lowest BCUT2D eigenvalue weighted by Gasteiger charge is -2.08. The first-order chi connectivity index (χ1) is 8.49. The van der Waals surface area contributed by atoms with Crippen molar-refractivity contribution in [1.29, 1.82) is 0 Å². The first-order valence-corrected chi connectivity index (χ1v) is 6.50. The molecule has 0 bridgehead atoms. The predicted octanol–water partition coefficient (Wildman–Crippen LogP) is 0.563. The summed E-state index contributed by atoms with van der Waals surface area (Å²) in [5, 5.41) is 7.10. The van der Waals surface area contributed by atoms with Gasteiger partial charge in [0.1, 0.15) is 0 Å². The van der Waals surface area contributed by atoms with Crippen LogP contribution >= 0.6 is 0 Å². The van der Waals surface area contributed by atoms with Crippen molar-refractivity contribution in [2.45, 2.75) is 11.8 Å². The van der Waals surface area contributed by atoms with Crippen LogP contribution in [-0.2, 0) is 10.0 Å². The summed E-state index contributed by atoms with van der Waals surface area (Å²) in [5.41, 5.74) is 6.62. The standard InChI is InChI=1S/C10H11N5O2S/c1-7-6-8(11)2-3-9(7)18(16,17)15-10-12-4-5-13-14-10/h2-6H,11H2,1H3,(H,12,14,15). The van der Waals surface area contributed by atoms with Crippen molar-refractivity contribution in [1.82, 2.24) is 15.2 Å². The van der Waals surface area contributed by atoms with Crippen molar-refractivity contribution in [2.24, 2.45) is 0 Å². The molecule has 0 atom stereocenters. The molecule has 0 unspecified atom stereocenters. The molecule has 1 heterocycles. The molecule has 3 N–H and O–H groups in total. The lowest BCUT2D eigenvalue weighted by molar-refractivity contribution is 0.600. The molecule has 8 heteroatoms. The molecule has 18 heavy (non-hydrogen) atoms. The molecule has 0 saturated heterocycles. The highest BCUT2D eigenvalue weighted by atomic mass is 32.2. The smallest absolute Gasteiger partial charge is 0.264 e. The molecule has 7 nitrogen and oxygen atoms in total. The van der Waals surface area contributed by atoms with Crippen LogP contribution in [-0.4, -0.2) is 23.6 Å². The Balaban J connectivity index is 2.37. The van der Waals surface area contributed by atoms with Crippen LogP contribution < -0.4 is 10.5 Å². The summed E-state index contributed by atoms with van der Waals surface area (Å²) in [6.07, 6.45) is 2.70. The maximum absolute atomic E-state index is 12.1. The maximum Gasteiger partial charge on any atom is 0.264 e. The Hall–Kier alpha value is -2.22. The minimum atomic E-state index is -3.73. The van der Waals surface area contributed by atoms with Crippen molar-refractivity contribution < 1.29 is 8.42 Å². The second-order valence-electron chi connectivity index (χ2n) is 3.60. The number of hydrogen-bond acceptors (Lipinski definition) is 6. The Morgan fingerprint density at radius 3 is 2.67 bits per heavy atom. The summed E-state index contributed by atoms with van der Waals surface area (Å²) < 4.78 is 26.4. The third-order valence-corrected chi connectivity index (χ3v) is 3.69. The largest absolute Gasteiger partial charge is 0.399 e. The number of benzene rings is 1. The highest BCUT2D eigenvalue weighted by Crippen LogP contribution is 2.19. The average Bonchev–Trinajstić information content (AvgIpc) is 2.29. The third-order valence-electron chi connectivity index (χ3n) is 2.20. The number of nitrogens with two attached hydrogens (primary N) is 1. The van der Waals surface area contributed by atoms with Crippen molar-refractivity contribution >= 4 is 21.7 Å². The number of hydrogen-bond donors (Lipinski definition) is 2. The number of rotatable bonds is 3. The molecule has 0 saturated carbocycles. The molecular weight excluding hydrogens is 254 g/mol. The van der Waals surface area contributed by atoms with Crippen LogP contribution in [0.25, 0.3) is 0 Å². The number of nitrogens with zero attached hydrogens (tertiary/aromatic N) is 3. The van der Waals surface area contributed by atoms with Gasteiger partial charge in [-0.25, -0.2) is 18.1 Å². The molecule has 2 aromatic rings. The molecule has 94 valence electrons. The molecular formula is C10H11N5O2S. The predicted molar refractivity (Wildman–Crippen MR) is 66.2 cm³/mol. The van der Waals surface area contributed by atoms with Crippen molar-refractivity contribution in [3.63, 3.8) is 0 Å². The Labute approximate surface area is 104 Å². The topological polar surface area (TPSA) is 111 Å². The van der Waals surface area contributed by atoms with E-state index in [0.717, 1.165) is 0 Å². The maximum atomic E-state index is 12.1. The van der Waals surface area contributed by atoms with Crippen molar-refractivity contribution in [2.75, 3.05) is 10.5 Å². The van der Waals surface area contributed by atoms with Gasteiger partial charge in [-0.3, -0.25) is 0 Å². The molecule has 0 aliphatic rings. The fourth-order valence-electron chi connectivity index (χ4n) is 1.44. The minimum absolute atomic E-state index is 0.0753. The molecule has 0 fully saturated rings. The lowest BCUT2D eigenvalue weighted by Crippen LogP contribution is -2.16. The molecule has 0 aliphatic carbocycles. The van der Waals surface area contributed by atoms with Gasteiger partial charge in [-0.15, -0.1) is 5.10 Å². The zero-order valence-electron chi connectivity index (χ0n) is 9.53. The van der Waals surface area contributed by atoms with Gasteiger partial charge in [-0.05, 0) is 30.7 Å². The van der Waals surface area contributed by atoms with Gasteiger partial charge in [0.15, 0.2) is 0 Å². The van der Waals surface area contributed by atoms with Crippen LogP contribution in [0.15, 0.2) is 35.5 Å². The molecule has 1 aromatic heterocycles. The second kappa shape index (κ2) is 4.57. The minimum Gasteiger partial charge on any atom is -0.399 e. The van der Waals surface area contributed by atoms with Gasteiger partial charge in [0.25, 0.3) is 16.0 Å². The highest BCUT2D eigenvalue weighted by Gasteiger charge is 2.18. The number of sulfonamides is 1. The zero-order chi connectivity index (χ0) is 13.2. The quantitative estimate of drug-likeness (QED) is 0.784. The number of aromatic nitrogens is 3. The fraction of sp³-hybridized carbons (Fsp3) is 0.100. The van der Waals surface area contributed by atoms with E-state index in [0.29, 0.717) is 11.3 Å². The normalized spacial score (nSPS) is 11.2. The van der Waals surface area contributed by atoms with Gasteiger partial charge >= 0.3 is 0 Å². The van der Waals surface area contributed by atoms with Gasteiger partial charge in [-0.1, -0.05) is 0 Å². The van der Waals surface area contributed by atoms with Gasteiger partial charge in [0.05, 0.1) is 17.3 Å². The van der Waals surface area contributed by atoms with Crippen molar-refractivity contribution in [3.05, 3.63) is 36.2 Å². The number of aryl methyl sites for hydroxylation is 1. The van der Waals surface area contributed by atoms with Crippen LogP contribution in [0.3, 0.4) is 0 Å². The van der Waals surface area contributed by atoms with E-state index in [1.165, 1.54) is 24.5 Å². The van der Waals surface area contributed by atoms with Gasteiger partial charge in [-0.2, -0.15) is 5.10 Å². The Morgan fingerprint density at radius 2 is 2.06 bits per heavy atom. The van der Waals surface area contributed by atoms with Crippen molar-refractivity contribution in [3.8, 4) is 0 Å². The molecule has 0 spiro atoms. The zero-order valence-corrected chi connectivity index (χ0v) is 10.3. The summed E-state index contributed by atoms with van der Waals surface area (Å²) in [6.45, 7) is 1.66. The van der Waals surface area contributed by atoms with Gasteiger partial charge < -0.3 is 5.73 Å². The monoisotopic (exact) mass is 265 g/mol. The highest BCUT2D eigenvalue weighted by molar-refractivity contribution is 7.92. The summed E-state index contributed by atoms with van der Waals surface area (Å²) in [5.74, 6) is -0.0753. The number of anilines is 2. The average molecular weight is 265 g/mol. The van der Waals surface area contributed by atoms with E-state index in [1.807, 2.05) is 0 Å². The van der Waals surface area contributed by atoms with E-state index in [4.69, 9.17) is 5.73 Å². The fourth-order valence-corrected chi connectivity index (χ4v) is 2.62. The molecule has 2 rings (SSSR count). The first-order valence-electron chi connectivity index (χ1n) is 5.02. The summed E-state index contributed by atoms with van der Waals surface area (Å²) in [6, 6.07) is 4.54. The molecule has 0 aliphatic heterocycles.